The van der Waals surface area contributed by atoms with Crippen LogP contribution in [0.5, 0.6) is 0 Å². The van der Waals surface area contributed by atoms with Crippen LogP contribution in [0.2, 0.25) is 0 Å². The minimum absolute atomic E-state index is 0.0302. The Morgan fingerprint density at radius 1 is 0.973 bits per heavy atom. The van der Waals surface area contributed by atoms with Crippen LogP contribution in [0.25, 0.3) is 11.1 Å². The van der Waals surface area contributed by atoms with Crippen molar-refractivity contribution in [3.8, 4) is 11.1 Å². The van der Waals surface area contributed by atoms with E-state index >= 15 is 0 Å². The summed E-state index contributed by atoms with van der Waals surface area (Å²) < 4.78 is 53.0. The number of nitrogens with one attached hydrogen (secondary N) is 2. The van der Waals surface area contributed by atoms with Crippen LogP contribution < -0.4 is 10.6 Å². The molecule has 1 aliphatic heterocycles. The van der Waals surface area contributed by atoms with Gasteiger partial charge in [0.05, 0.1) is 29.1 Å². The topological polar surface area (TPSA) is 70.6 Å². The number of amides is 1. The molecule has 1 amide bonds. The lowest BCUT2D eigenvalue weighted by atomic mass is 9.90. The number of nitrogens with zero attached hydrogens (tertiary/aromatic N) is 1. The molecule has 37 heavy (non-hydrogen) atoms. The Morgan fingerprint density at radius 3 is 2.22 bits per heavy atom. The Bertz CT molecular complexity index is 1190. The van der Waals surface area contributed by atoms with Crippen molar-refractivity contribution < 1.29 is 22.4 Å². The summed E-state index contributed by atoms with van der Waals surface area (Å²) in [6, 6.07) is 18.0. The fourth-order valence-electron chi connectivity index (χ4n) is 3.85. The fraction of sp³-hybridized carbons (Fsp3) is 0.296. The number of nitroso groups, excluding NO2 is 1. The number of rotatable bonds is 6. The summed E-state index contributed by atoms with van der Waals surface area (Å²) in [5.41, 5.74) is 1.14. The summed E-state index contributed by atoms with van der Waals surface area (Å²) in [5.74, 6) is -0.340. The van der Waals surface area contributed by atoms with Gasteiger partial charge in [-0.3, -0.25) is 4.79 Å². The first-order valence-corrected chi connectivity index (χ1v) is 12.4. The van der Waals surface area contributed by atoms with Crippen molar-refractivity contribution in [2.45, 2.75) is 49.3 Å². The van der Waals surface area contributed by atoms with E-state index in [-0.39, 0.29) is 17.8 Å². The second-order valence-corrected chi connectivity index (χ2v) is 9.84. The van der Waals surface area contributed by atoms with Gasteiger partial charge in [0.2, 0.25) is 5.91 Å². The molecule has 0 saturated carbocycles. The van der Waals surface area contributed by atoms with Gasteiger partial charge in [-0.05, 0) is 92.4 Å². The van der Waals surface area contributed by atoms with Crippen molar-refractivity contribution in [2.75, 3.05) is 6.54 Å². The Morgan fingerprint density at radius 2 is 1.65 bits per heavy atom. The first-order chi connectivity index (χ1) is 17.5. The lowest BCUT2D eigenvalue weighted by molar-refractivity contribution is -0.137. The van der Waals surface area contributed by atoms with Crippen LogP contribution in [-0.4, -0.2) is 18.5 Å². The highest BCUT2D eigenvalue weighted by atomic mass is 32.2. The van der Waals surface area contributed by atoms with Crippen LogP contribution in [0.4, 0.5) is 17.6 Å². The van der Waals surface area contributed by atoms with Crippen molar-refractivity contribution in [3.05, 3.63) is 94.6 Å². The lowest BCUT2D eigenvalue weighted by Crippen LogP contribution is -2.48. The highest BCUT2D eigenvalue weighted by molar-refractivity contribution is 7.98. The summed E-state index contributed by atoms with van der Waals surface area (Å²) in [4.78, 5) is 22.8. The minimum Gasteiger partial charge on any atom is -0.346 e. The Kier molecular flexibility index (Phi) is 9.45. The predicted molar refractivity (Wildman–Crippen MR) is 137 cm³/mol. The number of halogens is 4. The molecule has 1 atom stereocenters. The van der Waals surface area contributed by atoms with Gasteiger partial charge in [0, 0.05) is 9.48 Å². The van der Waals surface area contributed by atoms with Gasteiger partial charge >= 0.3 is 6.18 Å². The molecule has 1 fully saturated rings. The molecule has 0 aromatic heterocycles. The molecular formula is C27H27F4N3O2S. The highest BCUT2D eigenvalue weighted by Crippen LogP contribution is 2.32. The molecule has 0 bridgehead atoms. The van der Waals surface area contributed by atoms with Gasteiger partial charge in [0.25, 0.3) is 0 Å². The van der Waals surface area contributed by atoms with Crippen LogP contribution in [-0.2, 0) is 16.5 Å². The molecule has 1 saturated heterocycles. The molecule has 5 nitrogen and oxygen atoms in total. The average molecular weight is 534 g/mol. The maximum Gasteiger partial charge on any atom is 0.416 e. The highest BCUT2D eigenvalue weighted by Gasteiger charge is 2.31. The van der Waals surface area contributed by atoms with E-state index in [9.17, 15) is 27.3 Å². The van der Waals surface area contributed by atoms with Gasteiger partial charge in [-0.15, -0.1) is 4.91 Å². The lowest BCUT2D eigenvalue weighted by Gasteiger charge is -2.29. The molecule has 2 N–H and O–H groups in total. The van der Waals surface area contributed by atoms with Crippen molar-refractivity contribution in [1.29, 1.82) is 0 Å². The molecule has 1 heterocycles. The number of carbonyl (C=O) groups excluding carboxylic acids is 1. The maximum atomic E-state index is 12.7. The number of hydrogen-bond donors (Lipinski definition) is 2. The van der Waals surface area contributed by atoms with Gasteiger partial charge in [-0.1, -0.05) is 30.3 Å². The second kappa shape index (κ2) is 12.3. The van der Waals surface area contributed by atoms with E-state index in [0.717, 1.165) is 54.6 Å². The zero-order valence-electron chi connectivity index (χ0n) is 20.3. The van der Waals surface area contributed by atoms with Crippen LogP contribution in [0.1, 0.15) is 37.8 Å². The minimum atomic E-state index is -4.35. The monoisotopic (exact) mass is 533 g/mol. The van der Waals surface area contributed by atoms with Crippen LogP contribution >= 0.6 is 11.9 Å². The van der Waals surface area contributed by atoms with Crippen LogP contribution in [0.15, 0.2) is 82.3 Å². The molecule has 4 rings (SSSR count). The number of carbonyl (C=O) groups is 1. The Balaban J connectivity index is 0.000000319. The van der Waals surface area contributed by atoms with Gasteiger partial charge in [0.15, 0.2) is 0 Å². The predicted octanol–water partition coefficient (Wildman–Crippen LogP) is 7.07. The van der Waals surface area contributed by atoms with Crippen molar-refractivity contribution in [2.24, 2.45) is 4.58 Å². The molecule has 1 aliphatic rings. The first kappa shape index (κ1) is 28.3. The summed E-state index contributed by atoms with van der Waals surface area (Å²) in [7, 11) is 0. The molecule has 3 aromatic carbocycles. The number of alkyl halides is 3. The number of benzene rings is 3. The molecular weight excluding hydrogens is 506 g/mol. The van der Waals surface area contributed by atoms with Gasteiger partial charge < -0.3 is 10.6 Å². The van der Waals surface area contributed by atoms with E-state index in [2.05, 4.69) is 15.2 Å². The molecule has 0 spiro atoms. The smallest absolute Gasteiger partial charge is 0.346 e. The Labute approximate surface area is 217 Å². The summed E-state index contributed by atoms with van der Waals surface area (Å²) >= 11 is 0.787. The first-order valence-electron chi connectivity index (χ1n) is 11.6. The molecule has 10 heteroatoms. The molecule has 0 unspecified atom stereocenters. The standard InChI is InChI=1S/C21H23F3N2O.C6H4FNOS/c1-20(2,26-19(27)18-7-4-12-25-18)17-6-3-5-15(13-17)14-8-10-16(11-9-14)21(22,23)24;7-5-1-3-6(4-2-5)10-8-9/h3,5-6,8-11,13,18,25H,4,7,12H2,1-2H3,(H,26,27);1-4H/t18-;/m0./s1. The summed E-state index contributed by atoms with van der Waals surface area (Å²) in [6.07, 6.45) is -2.53. The van der Waals surface area contributed by atoms with Crippen LogP contribution in [0.3, 0.4) is 0 Å². The third-order valence-corrected chi connectivity index (χ3v) is 6.46. The van der Waals surface area contributed by atoms with Gasteiger partial charge in [0.1, 0.15) is 5.82 Å². The van der Waals surface area contributed by atoms with E-state index < -0.39 is 17.3 Å². The summed E-state index contributed by atoms with van der Waals surface area (Å²) in [6.45, 7) is 4.69. The van der Waals surface area contributed by atoms with Crippen molar-refractivity contribution in [1.82, 2.24) is 10.6 Å². The van der Waals surface area contributed by atoms with E-state index in [1.54, 1.807) is 0 Å². The maximum absolute atomic E-state index is 12.7. The third-order valence-electron chi connectivity index (χ3n) is 5.90. The Hall–Kier alpha value is -3.24. The van der Waals surface area contributed by atoms with E-state index in [1.165, 1.54) is 36.4 Å². The molecule has 0 aliphatic carbocycles. The van der Waals surface area contributed by atoms with E-state index in [1.807, 2.05) is 38.1 Å². The second-order valence-electron chi connectivity index (χ2n) is 9.04. The zero-order valence-corrected chi connectivity index (χ0v) is 21.1. The van der Waals surface area contributed by atoms with E-state index in [0.29, 0.717) is 10.5 Å². The molecule has 3 aromatic rings. The summed E-state index contributed by atoms with van der Waals surface area (Å²) in [5, 5.41) is 6.25. The normalized spacial score (nSPS) is 15.5. The van der Waals surface area contributed by atoms with Gasteiger partial charge in [-0.25, -0.2) is 4.39 Å². The fourth-order valence-corrected chi connectivity index (χ4v) is 4.20. The zero-order chi connectivity index (χ0) is 27.1. The van der Waals surface area contributed by atoms with Crippen molar-refractivity contribution >= 4 is 17.9 Å². The number of hydrogen-bond acceptors (Lipinski definition) is 5. The van der Waals surface area contributed by atoms with Crippen LogP contribution in [0, 0.1) is 10.7 Å². The van der Waals surface area contributed by atoms with Crippen molar-refractivity contribution in [3.63, 3.8) is 0 Å². The SMILES string of the molecule is CC(C)(NC(=O)[C@@H]1CCCN1)c1cccc(-c2ccc(C(F)(F)F)cc2)c1.O=NSc1ccc(F)cc1. The average Bonchev–Trinajstić information content (AvgIpc) is 3.41. The quantitative estimate of drug-likeness (QED) is 0.202. The third kappa shape index (κ3) is 8.13. The van der Waals surface area contributed by atoms with Gasteiger partial charge in [-0.2, -0.15) is 13.2 Å². The molecule has 0 radical (unpaired) electrons. The largest absolute Gasteiger partial charge is 0.416 e. The molecule has 196 valence electrons. The van der Waals surface area contributed by atoms with E-state index in [4.69, 9.17) is 0 Å².